The molecule has 10 nitrogen and oxygen atoms in total. The number of nitro groups is 1. The largest absolute Gasteiger partial charge is 0.354 e. The molecule has 0 bridgehead atoms. The normalized spacial score (nSPS) is 12.0. The molecule has 2 amide bonds. The highest BCUT2D eigenvalue weighted by Gasteiger charge is 2.34. The highest BCUT2D eigenvalue weighted by atomic mass is 35.5. The van der Waals surface area contributed by atoms with E-state index < -0.39 is 33.4 Å². The molecule has 0 heterocycles. The van der Waals surface area contributed by atoms with Gasteiger partial charge in [-0.1, -0.05) is 68.8 Å². The van der Waals surface area contributed by atoms with E-state index in [0.29, 0.717) is 17.1 Å². The number of halogens is 1. The van der Waals surface area contributed by atoms with Crippen molar-refractivity contribution in [3.8, 4) is 0 Å². The standard InChI is InChI=1S/C29H33ClN4O6S/c1-4-27(29(36)31-18-21(2)3)32(19-22-10-8-9-13-26(22)30)28(35)20-33(23-14-16-24(17-15-23)34(37)38)41(39,40)25-11-6-5-7-12-25/h5-17,21,27H,4,18-20H2,1-3H3,(H,31,36)/t27-/m0/s1. The fourth-order valence-electron chi connectivity index (χ4n) is 4.14. The second-order valence-electron chi connectivity index (χ2n) is 9.77. The summed E-state index contributed by atoms with van der Waals surface area (Å²) in [6, 6.07) is 18.4. The average Bonchev–Trinajstić information content (AvgIpc) is 2.96. The Bertz CT molecular complexity index is 1470. The van der Waals surface area contributed by atoms with Gasteiger partial charge in [0.25, 0.3) is 15.7 Å². The maximum atomic E-state index is 14.0. The number of non-ortho nitro benzene ring substituents is 1. The number of carbonyl (C=O) groups excluding carboxylic acids is 2. The zero-order valence-corrected chi connectivity index (χ0v) is 24.6. The van der Waals surface area contributed by atoms with E-state index in [1.807, 2.05) is 13.8 Å². The number of amides is 2. The Labute approximate surface area is 245 Å². The van der Waals surface area contributed by atoms with Gasteiger partial charge in [-0.25, -0.2) is 8.42 Å². The van der Waals surface area contributed by atoms with Crippen LogP contribution in [-0.4, -0.2) is 49.2 Å². The molecule has 0 unspecified atom stereocenters. The van der Waals surface area contributed by atoms with Crippen LogP contribution in [0.4, 0.5) is 11.4 Å². The highest BCUT2D eigenvalue weighted by Crippen LogP contribution is 2.27. The van der Waals surface area contributed by atoms with Crippen LogP contribution in [0.25, 0.3) is 0 Å². The summed E-state index contributed by atoms with van der Waals surface area (Å²) < 4.78 is 28.5. The maximum absolute atomic E-state index is 14.0. The first-order chi connectivity index (χ1) is 19.4. The fourth-order valence-corrected chi connectivity index (χ4v) is 5.77. The van der Waals surface area contributed by atoms with Crippen molar-refractivity contribution in [2.45, 2.75) is 44.7 Å². The molecule has 41 heavy (non-hydrogen) atoms. The lowest BCUT2D eigenvalue weighted by atomic mass is 10.1. The van der Waals surface area contributed by atoms with Crippen LogP contribution in [-0.2, 0) is 26.2 Å². The Morgan fingerprint density at radius 3 is 2.15 bits per heavy atom. The van der Waals surface area contributed by atoms with Crippen molar-refractivity contribution in [2.75, 3.05) is 17.4 Å². The summed E-state index contributed by atoms with van der Waals surface area (Å²) in [5, 5.41) is 14.5. The van der Waals surface area contributed by atoms with Crippen molar-refractivity contribution in [1.82, 2.24) is 10.2 Å². The third-order valence-electron chi connectivity index (χ3n) is 6.33. The maximum Gasteiger partial charge on any atom is 0.269 e. The molecular formula is C29H33ClN4O6S. The van der Waals surface area contributed by atoms with Gasteiger partial charge in [-0.2, -0.15) is 0 Å². The number of nitrogens with one attached hydrogen (secondary N) is 1. The minimum Gasteiger partial charge on any atom is -0.354 e. The molecule has 218 valence electrons. The summed E-state index contributed by atoms with van der Waals surface area (Å²) in [6.07, 6.45) is 0.267. The molecule has 0 saturated heterocycles. The summed E-state index contributed by atoms with van der Waals surface area (Å²) in [5.41, 5.74) is 0.415. The van der Waals surface area contributed by atoms with Gasteiger partial charge in [-0.05, 0) is 48.2 Å². The number of anilines is 1. The van der Waals surface area contributed by atoms with E-state index in [1.165, 1.54) is 41.3 Å². The first-order valence-electron chi connectivity index (χ1n) is 13.1. The third kappa shape index (κ3) is 8.05. The van der Waals surface area contributed by atoms with E-state index in [4.69, 9.17) is 11.6 Å². The SMILES string of the molecule is CC[C@@H](C(=O)NCC(C)C)N(Cc1ccccc1Cl)C(=O)CN(c1ccc([N+](=O)[O-])cc1)S(=O)(=O)c1ccccc1. The van der Waals surface area contributed by atoms with Gasteiger partial charge in [-0.15, -0.1) is 0 Å². The van der Waals surface area contributed by atoms with Gasteiger partial charge in [0.1, 0.15) is 12.6 Å². The van der Waals surface area contributed by atoms with Crippen LogP contribution in [0.5, 0.6) is 0 Å². The minimum atomic E-state index is -4.28. The second-order valence-corrected chi connectivity index (χ2v) is 12.0. The van der Waals surface area contributed by atoms with Gasteiger partial charge in [0, 0.05) is 30.2 Å². The Morgan fingerprint density at radius 1 is 0.976 bits per heavy atom. The van der Waals surface area contributed by atoms with Gasteiger partial charge >= 0.3 is 0 Å². The van der Waals surface area contributed by atoms with Crippen molar-refractivity contribution >= 4 is 44.8 Å². The van der Waals surface area contributed by atoms with Crippen molar-refractivity contribution in [3.05, 3.63) is 99.6 Å². The molecule has 3 aromatic rings. The van der Waals surface area contributed by atoms with Gasteiger partial charge in [0.2, 0.25) is 11.8 Å². The van der Waals surface area contributed by atoms with E-state index in [2.05, 4.69) is 5.32 Å². The molecular weight excluding hydrogens is 568 g/mol. The van der Waals surface area contributed by atoms with Crippen molar-refractivity contribution in [3.63, 3.8) is 0 Å². The van der Waals surface area contributed by atoms with Crippen LogP contribution < -0.4 is 9.62 Å². The summed E-state index contributed by atoms with van der Waals surface area (Å²) >= 11 is 6.40. The molecule has 1 N–H and O–H groups in total. The van der Waals surface area contributed by atoms with E-state index in [9.17, 15) is 28.1 Å². The average molecular weight is 601 g/mol. The van der Waals surface area contributed by atoms with Crippen LogP contribution in [0, 0.1) is 16.0 Å². The Morgan fingerprint density at radius 2 is 1.59 bits per heavy atom. The molecule has 3 rings (SSSR count). The van der Waals surface area contributed by atoms with Crippen LogP contribution in [0.2, 0.25) is 5.02 Å². The molecule has 0 aliphatic carbocycles. The quantitative estimate of drug-likeness (QED) is 0.216. The van der Waals surface area contributed by atoms with Gasteiger partial charge < -0.3 is 10.2 Å². The fraction of sp³-hybridized carbons (Fsp3) is 0.310. The lowest BCUT2D eigenvalue weighted by Crippen LogP contribution is -2.52. The van der Waals surface area contributed by atoms with E-state index in [0.717, 1.165) is 4.31 Å². The Balaban J connectivity index is 2.06. The van der Waals surface area contributed by atoms with E-state index >= 15 is 0 Å². The molecule has 1 atom stereocenters. The van der Waals surface area contributed by atoms with Gasteiger partial charge in [0.15, 0.2) is 0 Å². The molecule has 0 fully saturated rings. The lowest BCUT2D eigenvalue weighted by molar-refractivity contribution is -0.384. The second kappa shape index (κ2) is 14.1. The Hall–Kier alpha value is -3.96. The summed E-state index contributed by atoms with van der Waals surface area (Å²) in [6.45, 7) is 5.37. The number of carbonyl (C=O) groups is 2. The minimum absolute atomic E-state index is 0.0361. The molecule has 0 radical (unpaired) electrons. The first kappa shape index (κ1) is 31.6. The number of benzene rings is 3. The predicted octanol–water partition coefficient (Wildman–Crippen LogP) is 5.02. The molecule has 0 aromatic heterocycles. The van der Waals surface area contributed by atoms with Gasteiger partial charge in [0.05, 0.1) is 15.5 Å². The van der Waals surface area contributed by atoms with Crippen molar-refractivity contribution in [2.24, 2.45) is 5.92 Å². The monoisotopic (exact) mass is 600 g/mol. The molecule has 12 heteroatoms. The third-order valence-corrected chi connectivity index (χ3v) is 8.48. The summed E-state index contributed by atoms with van der Waals surface area (Å²) in [5.74, 6) is -0.832. The highest BCUT2D eigenvalue weighted by molar-refractivity contribution is 7.92. The number of hydrogen-bond donors (Lipinski definition) is 1. The van der Waals surface area contributed by atoms with E-state index in [1.54, 1.807) is 49.4 Å². The van der Waals surface area contributed by atoms with Crippen molar-refractivity contribution in [1.29, 1.82) is 0 Å². The number of rotatable bonds is 13. The number of nitrogens with zero attached hydrogens (tertiary/aromatic N) is 3. The molecule has 0 aliphatic rings. The van der Waals surface area contributed by atoms with Crippen LogP contribution in [0.3, 0.4) is 0 Å². The molecule has 0 aliphatic heterocycles. The number of sulfonamides is 1. The molecule has 0 spiro atoms. The number of nitro benzene ring substituents is 1. The first-order valence-corrected chi connectivity index (χ1v) is 14.9. The zero-order chi connectivity index (χ0) is 30.2. The van der Waals surface area contributed by atoms with Crippen LogP contribution in [0.1, 0.15) is 32.8 Å². The zero-order valence-electron chi connectivity index (χ0n) is 23.1. The molecule has 0 saturated carbocycles. The number of hydrogen-bond acceptors (Lipinski definition) is 6. The smallest absolute Gasteiger partial charge is 0.269 e. The predicted molar refractivity (Wildman–Crippen MR) is 158 cm³/mol. The van der Waals surface area contributed by atoms with Crippen LogP contribution in [0.15, 0.2) is 83.8 Å². The van der Waals surface area contributed by atoms with E-state index in [-0.39, 0.29) is 41.1 Å². The Kier molecular flexibility index (Phi) is 10.8. The summed E-state index contributed by atoms with van der Waals surface area (Å²) in [7, 11) is -4.28. The lowest BCUT2D eigenvalue weighted by Gasteiger charge is -2.33. The van der Waals surface area contributed by atoms with Crippen LogP contribution >= 0.6 is 11.6 Å². The molecule has 3 aromatic carbocycles. The topological polar surface area (TPSA) is 130 Å². The van der Waals surface area contributed by atoms with Crippen molar-refractivity contribution < 1.29 is 22.9 Å². The summed E-state index contributed by atoms with van der Waals surface area (Å²) in [4.78, 5) is 39.1. The van der Waals surface area contributed by atoms with Gasteiger partial charge in [-0.3, -0.25) is 24.0 Å².